The Hall–Kier alpha value is -4.52. The molecule has 13 heteroatoms. The van der Waals surface area contributed by atoms with Crippen LogP contribution < -0.4 is 19.7 Å². The third-order valence-electron chi connectivity index (χ3n) is 7.85. The number of amides is 2. The lowest BCUT2D eigenvalue weighted by molar-refractivity contribution is -0.274. The number of ether oxygens (including phenoxy) is 2. The first-order valence-corrected chi connectivity index (χ1v) is 16.2. The highest BCUT2D eigenvalue weighted by atomic mass is 32.2. The molecule has 0 bridgehead atoms. The van der Waals surface area contributed by atoms with Crippen LogP contribution in [0.4, 0.5) is 23.7 Å². The molecule has 248 valence electrons. The van der Waals surface area contributed by atoms with Crippen molar-refractivity contribution >= 4 is 28.6 Å². The van der Waals surface area contributed by atoms with E-state index in [-0.39, 0.29) is 23.6 Å². The Morgan fingerprint density at radius 2 is 1.77 bits per heavy atom. The van der Waals surface area contributed by atoms with Gasteiger partial charge in [-0.25, -0.2) is 14.5 Å². The molecule has 1 aromatic heterocycles. The number of hydrogen-bond donors (Lipinski definition) is 1. The smallest absolute Gasteiger partial charge is 0.497 e. The molecule has 0 aliphatic carbocycles. The zero-order valence-corrected chi connectivity index (χ0v) is 27.6. The van der Waals surface area contributed by atoms with E-state index in [1.165, 1.54) is 40.8 Å². The molecular formula is C34H37F3N6O3S. The number of carbonyl (C=O) groups is 1. The number of carbonyl (C=O) groups excluding carboxylic acids is 1. The number of hydrogen-bond acceptors (Lipinski definition) is 6. The van der Waals surface area contributed by atoms with Gasteiger partial charge < -0.3 is 19.7 Å². The number of aliphatic imine (C=N–C) groups is 1. The van der Waals surface area contributed by atoms with Gasteiger partial charge in [-0.2, -0.15) is 4.99 Å². The van der Waals surface area contributed by atoms with Crippen molar-refractivity contribution in [1.82, 2.24) is 20.1 Å². The normalized spacial score (nSPS) is 16.7. The Kier molecular flexibility index (Phi) is 10.4. The maximum atomic E-state index is 13.1. The fourth-order valence-electron chi connectivity index (χ4n) is 5.25. The summed E-state index contributed by atoms with van der Waals surface area (Å²) in [5.41, 5.74) is 4.50. The second-order valence-electron chi connectivity index (χ2n) is 11.6. The Morgan fingerprint density at radius 1 is 1.06 bits per heavy atom. The first-order chi connectivity index (χ1) is 22.4. The molecule has 9 nitrogen and oxygen atoms in total. The van der Waals surface area contributed by atoms with E-state index in [1.807, 2.05) is 43.3 Å². The number of alkyl halides is 3. The first-order valence-electron chi connectivity index (χ1n) is 15.3. The van der Waals surface area contributed by atoms with Gasteiger partial charge in [-0.15, -0.1) is 18.3 Å². The fraction of sp³-hybridized carbons (Fsp3) is 0.353. The summed E-state index contributed by atoms with van der Waals surface area (Å²) < 4.78 is 48.3. The highest BCUT2D eigenvalue weighted by Crippen LogP contribution is 2.37. The van der Waals surface area contributed by atoms with E-state index in [2.05, 4.69) is 56.9 Å². The minimum Gasteiger partial charge on any atom is -0.497 e. The number of urea groups is 1. The van der Waals surface area contributed by atoms with Gasteiger partial charge in [0.1, 0.15) is 17.8 Å². The maximum Gasteiger partial charge on any atom is 0.573 e. The Morgan fingerprint density at radius 3 is 2.43 bits per heavy atom. The van der Waals surface area contributed by atoms with Crippen LogP contribution in [-0.2, 0) is 0 Å². The molecule has 3 aromatic carbocycles. The zero-order valence-electron chi connectivity index (χ0n) is 26.8. The molecule has 1 aliphatic heterocycles. The second kappa shape index (κ2) is 14.5. The van der Waals surface area contributed by atoms with Gasteiger partial charge >= 0.3 is 12.4 Å². The van der Waals surface area contributed by atoms with E-state index in [9.17, 15) is 18.0 Å². The van der Waals surface area contributed by atoms with Crippen molar-refractivity contribution < 1.29 is 27.4 Å². The van der Waals surface area contributed by atoms with Crippen LogP contribution in [0, 0.1) is 0 Å². The van der Waals surface area contributed by atoms with Gasteiger partial charge in [-0.3, -0.25) is 0 Å². The molecule has 5 rings (SSSR count). The summed E-state index contributed by atoms with van der Waals surface area (Å²) in [4.78, 5) is 24.1. The number of halogens is 3. The van der Waals surface area contributed by atoms with E-state index in [1.54, 1.807) is 18.9 Å². The van der Waals surface area contributed by atoms with Crippen molar-refractivity contribution in [2.24, 2.45) is 4.99 Å². The minimum absolute atomic E-state index is 0.0103. The molecule has 2 unspecified atom stereocenters. The number of benzene rings is 3. The van der Waals surface area contributed by atoms with Crippen LogP contribution in [0.1, 0.15) is 57.1 Å². The van der Waals surface area contributed by atoms with Crippen molar-refractivity contribution in [2.75, 3.05) is 24.3 Å². The summed E-state index contributed by atoms with van der Waals surface area (Å²) in [7, 11) is 1.65. The van der Waals surface area contributed by atoms with Gasteiger partial charge in [0.2, 0.25) is 0 Å². The molecule has 4 aromatic rings. The predicted molar refractivity (Wildman–Crippen MR) is 179 cm³/mol. The Labute approximate surface area is 276 Å². The molecule has 1 fully saturated rings. The van der Waals surface area contributed by atoms with Crippen molar-refractivity contribution in [1.29, 1.82) is 0 Å². The number of anilines is 1. The molecule has 0 radical (unpaired) electrons. The number of nitrogens with zero attached hydrogens (tertiary/aromatic N) is 5. The molecule has 1 aliphatic rings. The summed E-state index contributed by atoms with van der Waals surface area (Å²) >= 11 is 1.58. The van der Waals surface area contributed by atoms with E-state index in [0.29, 0.717) is 23.2 Å². The molecule has 47 heavy (non-hydrogen) atoms. The lowest BCUT2D eigenvalue weighted by atomic mass is 9.99. The molecule has 2 amide bonds. The highest BCUT2D eigenvalue weighted by molar-refractivity contribution is 8.14. The van der Waals surface area contributed by atoms with Crippen LogP contribution in [0.25, 0.3) is 17.1 Å². The van der Waals surface area contributed by atoms with Gasteiger partial charge in [0.15, 0.2) is 11.0 Å². The second-order valence-corrected chi connectivity index (χ2v) is 12.7. The molecule has 1 N–H and O–H groups in total. The molecule has 0 saturated carbocycles. The van der Waals surface area contributed by atoms with Crippen LogP contribution in [-0.4, -0.2) is 57.8 Å². The topological polar surface area (TPSA) is 93.9 Å². The van der Waals surface area contributed by atoms with E-state index >= 15 is 0 Å². The minimum atomic E-state index is -4.75. The number of rotatable bonds is 9. The van der Waals surface area contributed by atoms with Gasteiger partial charge in [0.05, 0.1) is 18.5 Å². The van der Waals surface area contributed by atoms with Gasteiger partial charge in [0, 0.05) is 30.0 Å². The largest absolute Gasteiger partial charge is 0.573 e. The Bertz CT molecular complexity index is 1710. The average molecular weight is 667 g/mol. The van der Waals surface area contributed by atoms with Gasteiger partial charge in [-0.05, 0) is 66.6 Å². The number of aromatic nitrogens is 3. The molecule has 2 atom stereocenters. The third kappa shape index (κ3) is 8.45. The molecule has 2 heterocycles. The summed E-state index contributed by atoms with van der Waals surface area (Å²) in [6.45, 7) is 8.87. The maximum absolute atomic E-state index is 13.1. The van der Waals surface area contributed by atoms with Gasteiger partial charge in [-0.1, -0.05) is 62.9 Å². The summed E-state index contributed by atoms with van der Waals surface area (Å²) in [5.74, 6) is 2.08. The van der Waals surface area contributed by atoms with Crippen LogP contribution in [0.3, 0.4) is 0 Å². The van der Waals surface area contributed by atoms with Crippen LogP contribution >= 0.6 is 11.8 Å². The van der Waals surface area contributed by atoms with Crippen LogP contribution in [0.5, 0.6) is 11.5 Å². The van der Waals surface area contributed by atoms with E-state index < -0.39 is 12.4 Å². The van der Waals surface area contributed by atoms with Gasteiger partial charge in [0.25, 0.3) is 0 Å². The first kappa shape index (κ1) is 33.8. The van der Waals surface area contributed by atoms with Crippen molar-refractivity contribution in [2.45, 2.75) is 58.4 Å². The zero-order chi connectivity index (χ0) is 33.7. The predicted octanol–water partition coefficient (Wildman–Crippen LogP) is 8.17. The van der Waals surface area contributed by atoms with E-state index in [4.69, 9.17) is 4.74 Å². The van der Waals surface area contributed by atoms with Crippen molar-refractivity contribution in [3.63, 3.8) is 0 Å². The van der Waals surface area contributed by atoms with Crippen molar-refractivity contribution in [3.8, 4) is 28.6 Å². The lowest BCUT2D eigenvalue weighted by Gasteiger charge is -2.37. The van der Waals surface area contributed by atoms with Crippen LogP contribution in [0.15, 0.2) is 78.0 Å². The fourth-order valence-corrected chi connectivity index (χ4v) is 6.45. The third-order valence-corrected chi connectivity index (χ3v) is 8.84. The molecule has 1 saturated heterocycles. The van der Waals surface area contributed by atoms with E-state index in [0.717, 1.165) is 34.7 Å². The average Bonchev–Trinajstić information content (AvgIpc) is 3.53. The number of thioether (sulfide) groups is 1. The quantitative estimate of drug-likeness (QED) is 0.193. The SMILES string of the molecule is COc1ccc(C(C)C)c(N2/C(=N/C(=O)NCC(C)c3ccc(-c4ncn(-c5ccc(OC(F)(F)F)cc5)n4)cc3)SCCC2C)c1. The monoisotopic (exact) mass is 666 g/mol. The highest BCUT2D eigenvalue weighted by Gasteiger charge is 2.31. The summed E-state index contributed by atoms with van der Waals surface area (Å²) in [6.07, 6.45) is -2.29. The van der Waals surface area contributed by atoms with Crippen LogP contribution in [0.2, 0.25) is 0 Å². The Balaban J connectivity index is 1.22. The number of amidine groups is 1. The lowest BCUT2D eigenvalue weighted by Crippen LogP contribution is -2.43. The number of nitrogens with one attached hydrogen (secondary N) is 1. The van der Waals surface area contributed by atoms with Crippen molar-refractivity contribution in [3.05, 3.63) is 84.2 Å². The molecule has 0 spiro atoms. The number of methoxy groups -OCH3 is 1. The summed E-state index contributed by atoms with van der Waals surface area (Å²) in [5, 5.41) is 8.10. The molecular weight excluding hydrogens is 629 g/mol. The standard InChI is InChI=1S/C34H37F3N6O3S/c1-21(2)29-15-14-28(45-5)18-30(29)43-23(4)16-17-47-33(43)40-32(44)38-19-22(3)24-6-8-25(9-7-24)31-39-20-42(41-31)26-10-12-27(13-11-26)46-34(35,36)37/h6-15,18,20-23H,16-17,19H2,1-5H3,(H,38,44)/b40-33-. The summed E-state index contributed by atoms with van der Waals surface area (Å²) in [6, 6.07) is 18.9.